The standard InChI is InChI=1S/C11H12N2O3/c1-16-10-3-2-8(7-14)6-9(10)13-5-4-12-11(13)15/h2-3,6-7H,4-5H2,1H3,(H,12,15). The molecule has 16 heavy (non-hydrogen) atoms. The summed E-state index contributed by atoms with van der Waals surface area (Å²) in [6.45, 7) is 1.19. The molecule has 0 aromatic heterocycles. The van der Waals surface area contributed by atoms with Gasteiger partial charge in [-0.3, -0.25) is 9.69 Å². The maximum atomic E-state index is 11.5. The molecule has 1 heterocycles. The molecule has 1 aliphatic rings. The van der Waals surface area contributed by atoms with Crippen molar-refractivity contribution in [3.8, 4) is 5.75 Å². The molecule has 1 aromatic carbocycles. The highest BCUT2D eigenvalue weighted by atomic mass is 16.5. The summed E-state index contributed by atoms with van der Waals surface area (Å²) in [6, 6.07) is 4.83. The Bertz CT molecular complexity index is 431. The first kappa shape index (κ1) is 10.5. The summed E-state index contributed by atoms with van der Waals surface area (Å²) in [7, 11) is 1.54. The molecule has 0 bridgehead atoms. The molecule has 0 radical (unpaired) electrons. The van der Waals surface area contributed by atoms with Crippen LogP contribution in [-0.2, 0) is 0 Å². The zero-order valence-electron chi connectivity index (χ0n) is 8.90. The van der Waals surface area contributed by atoms with Crippen LogP contribution in [0.5, 0.6) is 5.75 Å². The maximum absolute atomic E-state index is 11.5. The maximum Gasteiger partial charge on any atom is 0.322 e. The third-order valence-corrected chi connectivity index (χ3v) is 2.49. The number of hydrogen-bond donors (Lipinski definition) is 1. The minimum atomic E-state index is -0.165. The van der Waals surface area contributed by atoms with Crippen LogP contribution in [-0.4, -0.2) is 32.5 Å². The molecule has 1 fully saturated rings. The van der Waals surface area contributed by atoms with Crippen molar-refractivity contribution < 1.29 is 14.3 Å². The van der Waals surface area contributed by atoms with Gasteiger partial charge in [0.05, 0.1) is 12.8 Å². The minimum absolute atomic E-state index is 0.165. The first-order chi connectivity index (χ1) is 7.76. The first-order valence-electron chi connectivity index (χ1n) is 4.95. The van der Waals surface area contributed by atoms with Crippen LogP contribution in [0.4, 0.5) is 10.5 Å². The zero-order valence-corrected chi connectivity index (χ0v) is 8.90. The molecule has 0 aliphatic carbocycles. The molecule has 0 spiro atoms. The third-order valence-electron chi connectivity index (χ3n) is 2.49. The zero-order chi connectivity index (χ0) is 11.5. The lowest BCUT2D eigenvalue weighted by molar-refractivity contribution is 0.112. The number of carbonyl (C=O) groups is 2. The summed E-state index contributed by atoms with van der Waals surface area (Å²) in [5, 5.41) is 2.70. The van der Waals surface area contributed by atoms with Gasteiger partial charge in [-0.25, -0.2) is 4.79 Å². The molecule has 1 N–H and O–H groups in total. The van der Waals surface area contributed by atoms with Gasteiger partial charge in [-0.05, 0) is 18.2 Å². The third kappa shape index (κ3) is 1.71. The Labute approximate surface area is 93.0 Å². The number of aldehydes is 1. The summed E-state index contributed by atoms with van der Waals surface area (Å²) in [4.78, 5) is 23.8. The Balaban J connectivity index is 2.43. The molecule has 2 rings (SSSR count). The van der Waals surface area contributed by atoms with Gasteiger partial charge in [0.15, 0.2) is 0 Å². The Kier molecular flexibility index (Phi) is 2.76. The van der Waals surface area contributed by atoms with Crippen LogP contribution in [0.3, 0.4) is 0 Å². The number of benzene rings is 1. The largest absolute Gasteiger partial charge is 0.495 e. The van der Waals surface area contributed by atoms with Gasteiger partial charge in [-0.1, -0.05) is 0 Å². The molecule has 1 aromatic rings. The SMILES string of the molecule is COc1ccc(C=O)cc1N1CCNC1=O. The number of hydrogen-bond acceptors (Lipinski definition) is 3. The lowest BCUT2D eigenvalue weighted by atomic mass is 10.2. The van der Waals surface area contributed by atoms with E-state index in [9.17, 15) is 9.59 Å². The topological polar surface area (TPSA) is 58.6 Å². The molecule has 84 valence electrons. The van der Waals surface area contributed by atoms with Crippen LogP contribution in [0.2, 0.25) is 0 Å². The highest BCUT2D eigenvalue weighted by Gasteiger charge is 2.24. The van der Waals surface area contributed by atoms with Gasteiger partial charge < -0.3 is 10.1 Å². The number of urea groups is 1. The van der Waals surface area contributed by atoms with Gasteiger partial charge in [-0.2, -0.15) is 0 Å². The number of ether oxygens (including phenoxy) is 1. The van der Waals surface area contributed by atoms with Crippen molar-refractivity contribution in [2.45, 2.75) is 0 Å². The Hall–Kier alpha value is -2.04. The Morgan fingerprint density at radius 3 is 2.88 bits per heavy atom. The van der Waals surface area contributed by atoms with E-state index in [1.165, 1.54) is 7.11 Å². The smallest absolute Gasteiger partial charge is 0.322 e. The van der Waals surface area contributed by atoms with Crippen molar-refractivity contribution in [3.05, 3.63) is 23.8 Å². The molecule has 0 unspecified atom stereocenters. The average Bonchev–Trinajstić information content (AvgIpc) is 2.74. The summed E-state index contributed by atoms with van der Waals surface area (Å²) < 4.78 is 5.17. The number of rotatable bonds is 3. The van der Waals surface area contributed by atoms with E-state index in [0.717, 1.165) is 6.29 Å². The Morgan fingerprint density at radius 2 is 2.31 bits per heavy atom. The van der Waals surface area contributed by atoms with Crippen LogP contribution in [0.1, 0.15) is 10.4 Å². The van der Waals surface area contributed by atoms with Gasteiger partial charge in [0, 0.05) is 18.7 Å². The minimum Gasteiger partial charge on any atom is -0.495 e. The van der Waals surface area contributed by atoms with Crippen LogP contribution in [0.25, 0.3) is 0 Å². The van der Waals surface area contributed by atoms with Crippen molar-refractivity contribution in [2.75, 3.05) is 25.1 Å². The number of carbonyl (C=O) groups excluding carboxylic acids is 2. The molecule has 2 amide bonds. The van der Waals surface area contributed by atoms with Gasteiger partial charge in [0.2, 0.25) is 0 Å². The summed E-state index contributed by atoms with van der Waals surface area (Å²) in [6.07, 6.45) is 0.747. The van der Waals surface area contributed by atoms with Crippen molar-refractivity contribution in [1.82, 2.24) is 5.32 Å². The molecule has 0 saturated carbocycles. The van der Waals surface area contributed by atoms with Crippen molar-refractivity contribution in [3.63, 3.8) is 0 Å². The number of nitrogens with zero attached hydrogens (tertiary/aromatic N) is 1. The van der Waals surface area contributed by atoms with E-state index in [4.69, 9.17) is 4.74 Å². The monoisotopic (exact) mass is 220 g/mol. The Morgan fingerprint density at radius 1 is 1.50 bits per heavy atom. The van der Waals surface area contributed by atoms with Crippen molar-refractivity contribution >= 4 is 18.0 Å². The second-order valence-electron chi connectivity index (χ2n) is 3.43. The quantitative estimate of drug-likeness (QED) is 0.774. The number of anilines is 1. The van der Waals surface area contributed by atoms with Gasteiger partial charge in [0.1, 0.15) is 12.0 Å². The fourth-order valence-corrected chi connectivity index (χ4v) is 1.69. The number of nitrogens with one attached hydrogen (secondary N) is 1. The first-order valence-corrected chi connectivity index (χ1v) is 4.95. The lowest BCUT2D eigenvalue weighted by Gasteiger charge is -2.17. The van der Waals surface area contributed by atoms with Crippen LogP contribution in [0.15, 0.2) is 18.2 Å². The van der Waals surface area contributed by atoms with Crippen LogP contribution in [0, 0.1) is 0 Å². The average molecular weight is 220 g/mol. The normalized spacial score (nSPS) is 14.8. The molecule has 1 aliphatic heterocycles. The van der Waals surface area contributed by atoms with E-state index in [1.807, 2.05) is 0 Å². The second-order valence-corrected chi connectivity index (χ2v) is 3.43. The molecule has 1 saturated heterocycles. The van der Waals surface area contributed by atoms with E-state index in [-0.39, 0.29) is 6.03 Å². The summed E-state index contributed by atoms with van der Waals surface area (Å²) in [5.74, 6) is 0.586. The van der Waals surface area contributed by atoms with Crippen molar-refractivity contribution in [2.24, 2.45) is 0 Å². The molecule has 0 atom stereocenters. The van der Waals surface area contributed by atoms with Crippen LogP contribution < -0.4 is 15.0 Å². The van der Waals surface area contributed by atoms with E-state index in [2.05, 4.69) is 5.32 Å². The van der Waals surface area contributed by atoms with Gasteiger partial charge >= 0.3 is 6.03 Å². The summed E-state index contributed by atoms with van der Waals surface area (Å²) >= 11 is 0. The lowest BCUT2D eigenvalue weighted by Crippen LogP contribution is -2.28. The molecule has 5 nitrogen and oxygen atoms in total. The van der Waals surface area contributed by atoms with Gasteiger partial charge in [-0.15, -0.1) is 0 Å². The van der Waals surface area contributed by atoms with Crippen molar-refractivity contribution in [1.29, 1.82) is 0 Å². The van der Waals surface area contributed by atoms with E-state index >= 15 is 0 Å². The predicted molar refractivity (Wildman–Crippen MR) is 59.1 cm³/mol. The summed E-state index contributed by atoms with van der Waals surface area (Å²) in [5.41, 5.74) is 1.15. The highest BCUT2D eigenvalue weighted by Crippen LogP contribution is 2.29. The van der Waals surface area contributed by atoms with Crippen LogP contribution >= 0.6 is 0 Å². The highest BCUT2D eigenvalue weighted by molar-refractivity contribution is 5.96. The fourth-order valence-electron chi connectivity index (χ4n) is 1.69. The molecular formula is C11H12N2O3. The molecule has 5 heteroatoms. The van der Waals surface area contributed by atoms with Gasteiger partial charge in [0.25, 0.3) is 0 Å². The van der Waals surface area contributed by atoms with E-state index in [1.54, 1.807) is 23.1 Å². The van der Waals surface area contributed by atoms with E-state index < -0.39 is 0 Å². The number of amides is 2. The van der Waals surface area contributed by atoms with E-state index in [0.29, 0.717) is 30.1 Å². The number of methoxy groups -OCH3 is 1. The molecular weight excluding hydrogens is 208 g/mol. The fraction of sp³-hybridized carbons (Fsp3) is 0.273. The second kappa shape index (κ2) is 4.22. The predicted octanol–water partition coefficient (Wildman–Crippen LogP) is 1.04.